The molecule has 0 aromatic rings. The Hall–Kier alpha value is -0.120. The standard InChI is InChI=1S/C15H31N3/c1-14(2,3)17-9-7-13-8-10-18(15(4,5)6)12-16(13)11-17/h13H,7-12H2,1-6H3. The molecule has 3 heteroatoms. The van der Waals surface area contributed by atoms with Crippen molar-refractivity contribution < 1.29 is 0 Å². The molecule has 2 aliphatic rings. The number of hydrogen-bond acceptors (Lipinski definition) is 3. The largest absolute Gasteiger partial charge is 0.285 e. The van der Waals surface area contributed by atoms with E-state index in [0.29, 0.717) is 11.1 Å². The maximum atomic E-state index is 2.68. The topological polar surface area (TPSA) is 9.72 Å². The first-order chi connectivity index (χ1) is 8.18. The highest BCUT2D eigenvalue weighted by atomic mass is 15.4. The van der Waals surface area contributed by atoms with Gasteiger partial charge in [-0.1, -0.05) is 0 Å². The van der Waals surface area contributed by atoms with Crippen LogP contribution < -0.4 is 0 Å². The van der Waals surface area contributed by atoms with Crippen molar-refractivity contribution >= 4 is 0 Å². The van der Waals surface area contributed by atoms with E-state index in [0.717, 1.165) is 19.4 Å². The van der Waals surface area contributed by atoms with Crippen LogP contribution in [-0.2, 0) is 0 Å². The van der Waals surface area contributed by atoms with Crippen molar-refractivity contribution in [1.29, 1.82) is 0 Å². The zero-order valence-electron chi connectivity index (χ0n) is 13.2. The fraction of sp³-hybridized carbons (Fsp3) is 1.00. The van der Waals surface area contributed by atoms with Gasteiger partial charge in [0.15, 0.2) is 0 Å². The fourth-order valence-electron chi connectivity index (χ4n) is 3.07. The molecule has 2 heterocycles. The average molecular weight is 253 g/mol. The van der Waals surface area contributed by atoms with Gasteiger partial charge in [0.1, 0.15) is 0 Å². The molecule has 0 N–H and O–H groups in total. The van der Waals surface area contributed by atoms with E-state index in [4.69, 9.17) is 0 Å². The second-order valence-electron chi connectivity index (χ2n) is 7.97. The van der Waals surface area contributed by atoms with Crippen molar-refractivity contribution in [2.24, 2.45) is 0 Å². The summed E-state index contributed by atoms with van der Waals surface area (Å²) >= 11 is 0. The molecule has 0 saturated carbocycles. The lowest BCUT2D eigenvalue weighted by atomic mass is 9.97. The number of hydrogen-bond donors (Lipinski definition) is 0. The molecule has 3 nitrogen and oxygen atoms in total. The Labute approximate surface area is 113 Å². The lowest BCUT2D eigenvalue weighted by Gasteiger charge is -2.53. The molecular formula is C15H31N3. The highest BCUT2D eigenvalue weighted by Gasteiger charge is 2.37. The third-order valence-electron chi connectivity index (χ3n) is 4.58. The Kier molecular flexibility index (Phi) is 3.79. The van der Waals surface area contributed by atoms with Gasteiger partial charge < -0.3 is 0 Å². The van der Waals surface area contributed by atoms with Gasteiger partial charge in [-0.3, -0.25) is 14.7 Å². The second kappa shape index (κ2) is 4.77. The van der Waals surface area contributed by atoms with E-state index in [-0.39, 0.29) is 0 Å². The minimum absolute atomic E-state index is 0.301. The SMILES string of the molecule is CC(C)(C)N1CCC2CCN(C(C)(C)C)CN2C1. The predicted molar refractivity (Wildman–Crippen MR) is 77.5 cm³/mol. The zero-order valence-corrected chi connectivity index (χ0v) is 13.2. The van der Waals surface area contributed by atoms with Crippen molar-refractivity contribution in [3.8, 4) is 0 Å². The van der Waals surface area contributed by atoms with E-state index in [1.54, 1.807) is 0 Å². The first-order valence-corrected chi connectivity index (χ1v) is 7.42. The molecule has 2 fully saturated rings. The minimum atomic E-state index is 0.301. The Bertz CT molecular complexity index is 259. The quantitative estimate of drug-likeness (QED) is 0.657. The van der Waals surface area contributed by atoms with Crippen molar-refractivity contribution in [2.45, 2.75) is 71.5 Å². The summed E-state index contributed by atoms with van der Waals surface area (Å²) in [5.74, 6) is 0. The highest BCUT2D eigenvalue weighted by molar-refractivity contribution is 4.90. The molecular weight excluding hydrogens is 222 g/mol. The van der Waals surface area contributed by atoms with Crippen molar-refractivity contribution in [3.63, 3.8) is 0 Å². The van der Waals surface area contributed by atoms with Crippen molar-refractivity contribution in [2.75, 3.05) is 26.4 Å². The van der Waals surface area contributed by atoms with Gasteiger partial charge in [0.05, 0.1) is 13.3 Å². The second-order valence-corrected chi connectivity index (χ2v) is 7.97. The summed E-state index contributed by atoms with van der Waals surface area (Å²) in [6.07, 6.45) is 2.69. The normalized spacial score (nSPS) is 26.3. The molecule has 0 spiro atoms. The Morgan fingerprint density at radius 1 is 0.722 bits per heavy atom. The Morgan fingerprint density at radius 3 is 1.44 bits per heavy atom. The van der Waals surface area contributed by atoms with Crippen LogP contribution in [0.3, 0.4) is 0 Å². The van der Waals surface area contributed by atoms with Crippen LogP contribution in [-0.4, -0.2) is 58.2 Å². The molecule has 0 amide bonds. The summed E-state index contributed by atoms with van der Waals surface area (Å²) < 4.78 is 0. The number of rotatable bonds is 0. The molecule has 0 atom stereocenters. The molecule has 2 rings (SSSR count). The monoisotopic (exact) mass is 253 g/mol. The molecule has 2 aliphatic heterocycles. The Balaban J connectivity index is 2.00. The van der Waals surface area contributed by atoms with Crippen molar-refractivity contribution in [1.82, 2.24) is 14.7 Å². The van der Waals surface area contributed by atoms with E-state index in [9.17, 15) is 0 Å². The third-order valence-corrected chi connectivity index (χ3v) is 4.58. The van der Waals surface area contributed by atoms with E-state index in [1.807, 2.05) is 0 Å². The van der Waals surface area contributed by atoms with E-state index < -0.39 is 0 Å². The van der Waals surface area contributed by atoms with Gasteiger partial charge in [-0.05, 0) is 54.4 Å². The molecule has 0 bridgehead atoms. The summed E-state index contributed by atoms with van der Waals surface area (Å²) in [6, 6.07) is 0.821. The molecule has 0 aromatic carbocycles. The van der Waals surface area contributed by atoms with Crippen LogP contribution >= 0.6 is 0 Å². The lowest BCUT2D eigenvalue weighted by molar-refractivity contribution is -0.0850. The van der Waals surface area contributed by atoms with Crippen LogP contribution in [0.4, 0.5) is 0 Å². The van der Waals surface area contributed by atoms with E-state index in [1.165, 1.54) is 25.9 Å². The van der Waals surface area contributed by atoms with Crippen molar-refractivity contribution in [3.05, 3.63) is 0 Å². The van der Waals surface area contributed by atoms with Crippen LogP contribution in [0.25, 0.3) is 0 Å². The molecule has 0 radical (unpaired) electrons. The molecule has 106 valence electrons. The summed E-state index contributed by atoms with van der Waals surface area (Å²) in [4.78, 5) is 7.93. The first-order valence-electron chi connectivity index (χ1n) is 7.42. The van der Waals surface area contributed by atoms with Gasteiger partial charge in [-0.25, -0.2) is 0 Å². The smallest absolute Gasteiger partial charge is 0.0525 e. The number of fused-ring (bicyclic) bond motifs is 1. The fourth-order valence-corrected chi connectivity index (χ4v) is 3.07. The highest BCUT2D eigenvalue weighted by Crippen LogP contribution is 2.28. The molecule has 2 saturated heterocycles. The van der Waals surface area contributed by atoms with Crippen LogP contribution in [0.5, 0.6) is 0 Å². The summed E-state index contributed by atoms with van der Waals surface area (Å²) in [6.45, 7) is 18.8. The summed E-state index contributed by atoms with van der Waals surface area (Å²) in [5.41, 5.74) is 0.601. The maximum absolute atomic E-state index is 2.68. The van der Waals surface area contributed by atoms with Crippen LogP contribution in [0.1, 0.15) is 54.4 Å². The van der Waals surface area contributed by atoms with Crippen LogP contribution in [0, 0.1) is 0 Å². The lowest BCUT2D eigenvalue weighted by Crippen LogP contribution is -2.63. The van der Waals surface area contributed by atoms with Gasteiger partial charge in [0, 0.05) is 30.2 Å². The number of nitrogens with zero attached hydrogens (tertiary/aromatic N) is 3. The van der Waals surface area contributed by atoms with Gasteiger partial charge >= 0.3 is 0 Å². The molecule has 18 heavy (non-hydrogen) atoms. The summed E-state index contributed by atoms with van der Waals surface area (Å²) in [7, 11) is 0. The average Bonchev–Trinajstić information content (AvgIpc) is 2.25. The van der Waals surface area contributed by atoms with Gasteiger partial charge in [0.25, 0.3) is 0 Å². The van der Waals surface area contributed by atoms with E-state index >= 15 is 0 Å². The molecule has 0 aromatic heterocycles. The predicted octanol–water partition coefficient (Wildman–Crippen LogP) is 2.58. The van der Waals surface area contributed by atoms with E-state index in [2.05, 4.69) is 56.2 Å². The van der Waals surface area contributed by atoms with Crippen LogP contribution in [0.15, 0.2) is 0 Å². The van der Waals surface area contributed by atoms with Gasteiger partial charge in [0.2, 0.25) is 0 Å². The Morgan fingerprint density at radius 2 is 1.11 bits per heavy atom. The molecule has 0 unspecified atom stereocenters. The van der Waals surface area contributed by atoms with Crippen LogP contribution in [0.2, 0.25) is 0 Å². The third kappa shape index (κ3) is 3.06. The first kappa shape index (κ1) is 14.3. The minimum Gasteiger partial charge on any atom is -0.285 e. The van der Waals surface area contributed by atoms with Gasteiger partial charge in [-0.15, -0.1) is 0 Å². The molecule has 0 aliphatic carbocycles. The van der Waals surface area contributed by atoms with Gasteiger partial charge in [-0.2, -0.15) is 0 Å². The maximum Gasteiger partial charge on any atom is 0.0525 e. The zero-order chi connectivity index (χ0) is 13.6. The summed E-state index contributed by atoms with van der Waals surface area (Å²) in [5, 5.41) is 0.